The summed E-state index contributed by atoms with van der Waals surface area (Å²) < 4.78 is 51.5. The molecule has 1 aromatic rings. The van der Waals surface area contributed by atoms with Gasteiger partial charge >= 0.3 is 6.18 Å². The minimum atomic E-state index is -4.15. The van der Waals surface area contributed by atoms with Crippen molar-refractivity contribution in [3.8, 4) is 0 Å². The fourth-order valence-corrected chi connectivity index (χ4v) is 2.53. The Hall–Kier alpha value is -1.37. The Kier molecular flexibility index (Phi) is 4.17. The lowest BCUT2D eigenvalue weighted by Crippen LogP contribution is -2.39. The monoisotopic (exact) mass is 306 g/mol. The third-order valence-electron chi connectivity index (χ3n) is 3.54. The van der Waals surface area contributed by atoms with Crippen LogP contribution in [-0.2, 0) is 0 Å². The van der Waals surface area contributed by atoms with E-state index >= 15 is 0 Å². The van der Waals surface area contributed by atoms with Gasteiger partial charge in [0.1, 0.15) is 10.8 Å². The maximum Gasteiger partial charge on any atom is 0.391 e. The number of alkyl halides is 3. The minimum absolute atomic E-state index is 0.0299. The number of hydrogen-bond acceptors (Lipinski definition) is 2. The van der Waals surface area contributed by atoms with Crippen LogP contribution in [0.4, 0.5) is 23.2 Å². The molecular weight excluding hydrogens is 292 g/mol. The second kappa shape index (κ2) is 5.55. The highest BCUT2D eigenvalue weighted by Crippen LogP contribution is 2.35. The standard InChI is InChI=1S/C13H14F4N2S/c14-11-7-9(1-2-10(11)12(18)20)19-5-3-8(4-6-19)13(15,16)17/h1-2,7-8H,3-6H2,(H2,18,20). The second-order valence-corrected chi connectivity index (χ2v) is 5.27. The molecule has 0 bridgehead atoms. The number of nitrogens with zero attached hydrogens (tertiary/aromatic N) is 1. The van der Waals surface area contributed by atoms with Crippen LogP contribution in [0.5, 0.6) is 0 Å². The summed E-state index contributed by atoms with van der Waals surface area (Å²) in [5, 5.41) is 0. The summed E-state index contributed by atoms with van der Waals surface area (Å²) in [5.41, 5.74) is 6.07. The van der Waals surface area contributed by atoms with Crippen molar-refractivity contribution in [2.75, 3.05) is 18.0 Å². The second-order valence-electron chi connectivity index (χ2n) is 4.83. The van der Waals surface area contributed by atoms with Gasteiger partial charge in [0.05, 0.1) is 5.92 Å². The van der Waals surface area contributed by atoms with E-state index in [1.165, 1.54) is 12.1 Å². The van der Waals surface area contributed by atoms with Gasteiger partial charge in [-0.15, -0.1) is 0 Å². The Morgan fingerprint density at radius 3 is 2.30 bits per heavy atom. The summed E-state index contributed by atoms with van der Waals surface area (Å²) >= 11 is 4.70. The van der Waals surface area contributed by atoms with Crippen molar-refractivity contribution in [3.63, 3.8) is 0 Å². The summed E-state index contributed by atoms with van der Waals surface area (Å²) in [5.74, 6) is -1.81. The normalized spacial score (nSPS) is 17.3. The first-order chi connectivity index (χ1) is 9.29. The van der Waals surface area contributed by atoms with Crippen molar-refractivity contribution >= 4 is 22.9 Å². The van der Waals surface area contributed by atoms with Gasteiger partial charge in [-0.05, 0) is 31.0 Å². The zero-order valence-corrected chi connectivity index (χ0v) is 11.4. The van der Waals surface area contributed by atoms with E-state index in [1.54, 1.807) is 11.0 Å². The summed E-state index contributed by atoms with van der Waals surface area (Å²) in [6.45, 7) is 0.520. The molecule has 110 valence electrons. The third kappa shape index (κ3) is 3.20. The number of rotatable bonds is 2. The molecule has 1 aliphatic rings. The molecule has 0 atom stereocenters. The summed E-state index contributed by atoms with van der Waals surface area (Å²) in [4.78, 5) is 1.71. The van der Waals surface area contributed by atoms with Crippen LogP contribution in [0.1, 0.15) is 18.4 Å². The van der Waals surface area contributed by atoms with Gasteiger partial charge in [0, 0.05) is 24.3 Å². The lowest BCUT2D eigenvalue weighted by Gasteiger charge is -2.34. The van der Waals surface area contributed by atoms with Crippen LogP contribution >= 0.6 is 12.2 Å². The van der Waals surface area contributed by atoms with E-state index < -0.39 is 17.9 Å². The van der Waals surface area contributed by atoms with Crippen molar-refractivity contribution in [2.24, 2.45) is 11.7 Å². The quantitative estimate of drug-likeness (QED) is 0.672. The van der Waals surface area contributed by atoms with Crippen molar-refractivity contribution in [3.05, 3.63) is 29.6 Å². The Bertz CT molecular complexity index is 508. The van der Waals surface area contributed by atoms with Crippen LogP contribution < -0.4 is 10.6 Å². The molecule has 1 aliphatic heterocycles. The lowest BCUT2D eigenvalue weighted by atomic mass is 9.96. The Labute approximate surface area is 119 Å². The Balaban J connectivity index is 2.08. The van der Waals surface area contributed by atoms with Crippen molar-refractivity contribution in [1.29, 1.82) is 0 Å². The Morgan fingerprint density at radius 2 is 1.85 bits per heavy atom. The first-order valence-electron chi connectivity index (χ1n) is 6.20. The van der Waals surface area contributed by atoms with Gasteiger partial charge in [0.25, 0.3) is 0 Å². The fraction of sp³-hybridized carbons (Fsp3) is 0.462. The topological polar surface area (TPSA) is 29.3 Å². The van der Waals surface area contributed by atoms with Gasteiger partial charge in [0.15, 0.2) is 0 Å². The number of hydrogen-bond donors (Lipinski definition) is 1. The predicted molar refractivity (Wildman–Crippen MR) is 73.3 cm³/mol. The molecule has 2 N–H and O–H groups in total. The molecule has 7 heteroatoms. The molecule has 0 saturated carbocycles. The highest BCUT2D eigenvalue weighted by molar-refractivity contribution is 7.80. The molecule has 20 heavy (non-hydrogen) atoms. The zero-order chi connectivity index (χ0) is 14.9. The average Bonchev–Trinajstić information content (AvgIpc) is 2.37. The summed E-state index contributed by atoms with van der Waals surface area (Å²) in [6.07, 6.45) is -4.09. The van der Waals surface area contributed by atoms with E-state index in [0.29, 0.717) is 5.69 Å². The van der Waals surface area contributed by atoms with Gasteiger partial charge in [-0.25, -0.2) is 4.39 Å². The molecule has 1 fully saturated rings. The van der Waals surface area contributed by atoms with Gasteiger partial charge < -0.3 is 10.6 Å². The van der Waals surface area contributed by atoms with Crippen molar-refractivity contribution in [2.45, 2.75) is 19.0 Å². The average molecular weight is 306 g/mol. The molecule has 0 unspecified atom stereocenters. The van der Waals surface area contributed by atoms with Crippen LogP contribution in [0, 0.1) is 11.7 Å². The minimum Gasteiger partial charge on any atom is -0.389 e. The molecule has 0 aromatic heterocycles. The maximum atomic E-state index is 13.7. The fourth-order valence-electron chi connectivity index (χ4n) is 2.37. The predicted octanol–water partition coefficient (Wildman–Crippen LogP) is 3.24. The maximum absolute atomic E-state index is 13.7. The van der Waals surface area contributed by atoms with Gasteiger partial charge in [-0.3, -0.25) is 0 Å². The molecule has 0 aliphatic carbocycles. The first kappa shape index (κ1) is 15.0. The largest absolute Gasteiger partial charge is 0.391 e. The van der Waals surface area contributed by atoms with E-state index in [1.807, 2.05) is 0 Å². The molecule has 1 aromatic carbocycles. The summed E-state index contributed by atoms with van der Waals surface area (Å²) in [7, 11) is 0. The zero-order valence-electron chi connectivity index (χ0n) is 10.6. The number of nitrogens with two attached hydrogens (primary N) is 1. The molecule has 1 saturated heterocycles. The van der Waals surface area contributed by atoms with Crippen molar-refractivity contribution in [1.82, 2.24) is 0 Å². The van der Waals surface area contributed by atoms with E-state index in [2.05, 4.69) is 0 Å². The van der Waals surface area contributed by atoms with Crippen LogP contribution in [0.3, 0.4) is 0 Å². The van der Waals surface area contributed by atoms with Gasteiger partial charge in [-0.2, -0.15) is 13.2 Å². The van der Waals surface area contributed by atoms with E-state index in [9.17, 15) is 17.6 Å². The number of piperidine rings is 1. The molecule has 0 amide bonds. The van der Waals surface area contributed by atoms with E-state index in [0.717, 1.165) is 0 Å². The third-order valence-corrected chi connectivity index (χ3v) is 3.76. The molecule has 1 heterocycles. The number of anilines is 1. The molecular formula is C13H14F4N2S. The van der Waals surface area contributed by atoms with Crippen LogP contribution in [-0.4, -0.2) is 24.3 Å². The van der Waals surface area contributed by atoms with Crippen molar-refractivity contribution < 1.29 is 17.6 Å². The molecule has 0 radical (unpaired) electrons. The smallest absolute Gasteiger partial charge is 0.389 e. The van der Waals surface area contributed by atoms with E-state index in [-0.39, 0.29) is 36.5 Å². The molecule has 0 spiro atoms. The summed E-state index contributed by atoms with van der Waals surface area (Å²) in [6, 6.07) is 4.36. The number of benzene rings is 1. The lowest BCUT2D eigenvalue weighted by molar-refractivity contribution is -0.179. The number of thiocarbonyl (C=S) groups is 1. The highest BCUT2D eigenvalue weighted by Gasteiger charge is 2.41. The first-order valence-corrected chi connectivity index (χ1v) is 6.61. The Morgan fingerprint density at radius 1 is 1.25 bits per heavy atom. The van der Waals surface area contributed by atoms with E-state index in [4.69, 9.17) is 18.0 Å². The van der Waals surface area contributed by atoms with Crippen LogP contribution in [0.25, 0.3) is 0 Å². The molecule has 2 nitrogen and oxygen atoms in total. The van der Waals surface area contributed by atoms with Crippen LogP contribution in [0.2, 0.25) is 0 Å². The highest BCUT2D eigenvalue weighted by atomic mass is 32.1. The number of halogens is 4. The van der Waals surface area contributed by atoms with Crippen LogP contribution in [0.15, 0.2) is 18.2 Å². The molecule has 2 rings (SSSR count). The SMILES string of the molecule is NC(=S)c1ccc(N2CCC(C(F)(F)F)CC2)cc1F. The van der Waals surface area contributed by atoms with Gasteiger partial charge in [-0.1, -0.05) is 12.2 Å². The van der Waals surface area contributed by atoms with Gasteiger partial charge in [0.2, 0.25) is 0 Å².